The van der Waals surface area contributed by atoms with Crippen molar-refractivity contribution in [1.29, 1.82) is 0 Å². The summed E-state index contributed by atoms with van der Waals surface area (Å²) in [7, 11) is 0. The molecule has 0 aromatic rings. The van der Waals surface area contributed by atoms with Crippen LogP contribution >= 0.6 is 23.5 Å². The van der Waals surface area contributed by atoms with E-state index in [1.807, 2.05) is 11.8 Å². The lowest BCUT2D eigenvalue weighted by Gasteiger charge is -2.50. The first kappa shape index (κ1) is 14.3. The van der Waals surface area contributed by atoms with Gasteiger partial charge in [0.15, 0.2) is 5.79 Å². The first-order valence-corrected chi connectivity index (χ1v) is 9.47. The number of ether oxygens (including phenoxy) is 2. The van der Waals surface area contributed by atoms with Gasteiger partial charge in [0.1, 0.15) is 0 Å². The summed E-state index contributed by atoms with van der Waals surface area (Å²) in [5.41, 5.74) is 0. The van der Waals surface area contributed by atoms with Crippen molar-refractivity contribution < 1.29 is 14.6 Å². The van der Waals surface area contributed by atoms with E-state index >= 15 is 0 Å². The van der Waals surface area contributed by atoms with Gasteiger partial charge >= 0.3 is 0 Å². The van der Waals surface area contributed by atoms with Crippen LogP contribution in [0.4, 0.5) is 0 Å². The lowest BCUT2D eigenvalue weighted by Crippen LogP contribution is -2.54. The van der Waals surface area contributed by atoms with Crippen LogP contribution in [-0.4, -0.2) is 48.0 Å². The van der Waals surface area contributed by atoms with Crippen molar-refractivity contribution in [3.8, 4) is 0 Å². The predicted octanol–water partition coefficient (Wildman–Crippen LogP) is 2.35. The molecule has 3 aliphatic rings. The van der Waals surface area contributed by atoms with E-state index in [1.165, 1.54) is 0 Å². The third kappa shape index (κ3) is 2.27. The molecular weight excluding hydrogens is 280 g/mol. The fraction of sp³-hybridized carbons (Fsp3) is 0.857. The van der Waals surface area contributed by atoms with Crippen molar-refractivity contribution in [3.05, 3.63) is 11.5 Å². The summed E-state index contributed by atoms with van der Waals surface area (Å²) in [5.74, 6) is 0.957. The van der Waals surface area contributed by atoms with Crippen LogP contribution in [-0.2, 0) is 9.47 Å². The summed E-state index contributed by atoms with van der Waals surface area (Å²) < 4.78 is 11.6. The Hall–Kier alpha value is 0.320. The number of aliphatic hydroxyl groups is 1. The summed E-state index contributed by atoms with van der Waals surface area (Å²) >= 11 is 3.56. The van der Waals surface area contributed by atoms with Gasteiger partial charge in [0.05, 0.1) is 19.3 Å². The minimum Gasteiger partial charge on any atom is -0.393 e. The van der Waals surface area contributed by atoms with E-state index in [2.05, 4.69) is 24.0 Å². The smallest absolute Gasteiger partial charge is 0.171 e. The highest BCUT2D eigenvalue weighted by atomic mass is 32.2. The Bertz CT molecular complexity index is 355. The average molecular weight is 302 g/mol. The van der Waals surface area contributed by atoms with Crippen molar-refractivity contribution in [2.45, 2.75) is 30.0 Å². The van der Waals surface area contributed by atoms with Crippen LogP contribution in [0.2, 0.25) is 0 Å². The highest BCUT2D eigenvalue weighted by molar-refractivity contribution is 8.01. The normalized spacial score (nSPS) is 41.6. The molecule has 0 bridgehead atoms. The minimum atomic E-state index is -0.341. The van der Waals surface area contributed by atoms with Gasteiger partial charge in [-0.05, 0) is 30.3 Å². The van der Waals surface area contributed by atoms with E-state index < -0.39 is 0 Å². The second kappa shape index (κ2) is 5.60. The first-order valence-electron chi connectivity index (χ1n) is 6.90. The lowest BCUT2D eigenvalue weighted by atomic mass is 9.66. The zero-order valence-corrected chi connectivity index (χ0v) is 13.1. The molecule has 1 unspecified atom stereocenters. The molecule has 2 saturated carbocycles. The molecule has 5 heteroatoms. The molecule has 108 valence electrons. The molecule has 1 saturated heterocycles. The lowest BCUT2D eigenvalue weighted by molar-refractivity contribution is -0.272. The second-order valence-electron chi connectivity index (χ2n) is 5.63. The molecule has 3 rings (SSSR count). The highest BCUT2D eigenvalue weighted by Crippen LogP contribution is 2.61. The molecule has 0 amide bonds. The number of hydrogen-bond donors (Lipinski definition) is 1. The maximum atomic E-state index is 10.4. The number of fused-ring (bicyclic) bond motifs is 2. The molecule has 2 aliphatic carbocycles. The summed E-state index contributed by atoms with van der Waals surface area (Å²) in [6.45, 7) is 1.42. The van der Waals surface area contributed by atoms with Gasteiger partial charge in [-0.1, -0.05) is 6.08 Å². The van der Waals surface area contributed by atoms with Crippen LogP contribution in [0, 0.1) is 17.8 Å². The second-order valence-corrected chi connectivity index (χ2v) is 7.39. The van der Waals surface area contributed by atoms with Gasteiger partial charge in [-0.2, -0.15) is 11.8 Å². The number of rotatable bonds is 4. The van der Waals surface area contributed by atoms with Gasteiger partial charge < -0.3 is 14.6 Å². The van der Waals surface area contributed by atoms with Gasteiger partial charge in [0.25, 0.3) is 0 Å². The molecule has 1 heterocycles. The first-order chi connectivity index (χ1) is 9.22. The van der Waals surface area contributed by atoms with E-state index in [4.69, 9.17) is 9.47 Å². The molecule has 3 nitrogen and oxygen atoms in total. The average Bonchev–Trinajstić information content (AvgIpc) is 2.98. The zero-order valence-electron chi connectivity index (χ0n) is 11.5. The van der Waals surface area contributed by atoms with Crippen LogP contribution in [0.1, 0.15) is 12.8 Å². The third-order valence-electron chi connectivity index (χ3n) is 4.87. The Morgan fingerprint density at radius 3 is 2.68 bits per heavy atom. The summed E-state index contributed by atoms with van der Waals surface area (Å²) in [6.07, 6.45) is 8.02. The number of thioether (sulfide) groups is 2. The van der Waals surface area contributed by atoms with E-state index in [1.54, 1.807) is 11.8 Å². The maximum absolute atomic E-state index is 10.4. The molecule has 1 spiro atoms. The van der Waals surface area contributed by atoms with Crippen LogP contribution in [0.5, 0.6) is 0 Å². The van der Waals surface area contributed by atoms with Crippen LogP contribution < -0.4 is 0 Å². The summed E-state index contributed by atoms with van der Waals surface area (Å²) in [5, 5.41) is 13.0. The van der Waals surface area contributed by atoms with Gasteiger partial charge in [-0.3, -0.25) is 0 Å². The van der Waals surface area contributed by atoms with E-state index in [-0.39, 0.29) is 11.9 Å². The Morgan fingerprint density at radius 1 is 1.32 bits per heavy atom. The monoisotopic (exact) mass is 302 g/mol. The molecule has 0 aromatic carbocycles. The molecule has 0 radical (unpaired) electrons. The van der Waals surface area contributed by atoms with Crippen molar-refractivity contribution >= 4 is 23.5 Å². The molecular formula is C14H22O3S2. The largest absolute Gasteiger partial charge is 0.393 e. The Morgan fingerprint density at radius 2 is 2.05 bits per heavy atom. The number of aliphatic hydroxyl groups excluding tert-OH is 1. The van der Waals surface area contributed by atoms with Crippen LogP contribution in [0.25, 0.3) is 0 Å². The molecule has 19 heavy (non-hydrogen) atoms. The number of hydrogen-bond acceptors (Lipinski definition) is 5. The van der Waals surface area contributed by atoms with E-state index in [0.29, 0.717) is 36.2 Å². The molecule has 1 N–H and O–H groups in total. The zero-order chi connectivity index (χ0) is 13.5. The summed E-state index contributed by atoms with van der Waals surface area (Å²) in [4.78, 5) is 0. The molecule has 3 fully saturated rings. The fourth-order valence-corrected chi connectivity index (χ4v) is 5.39. The summed E-state index contributed by atoms with van der Waals surface area (Å²) in [6, 6.07) is 0. The molecule has 1 aliphatic heterocycles. The standard InChI is InChI=1S/C14H22O3S2/c1-18-6-3-12(19-2)13-9-8-14(16-4-5-17-14)10(9)7-11(13)15/h3,6,9-13,15H,4-5,7-8H2,1-2H3/b6-3+/t9-,10-,11+,12?,13+/m1/s1. The van der Waals surface area contributed by atoms with Gasteiger partial charge in [0.2, 0.25) is 0 Å². The van der Waals surface area contributed by atoms with Crippen molar-refractivity contribution in [3.63, 3.8) is 0 Å². The quantitative estimate of drug-likeness (QED) is 0.863. The predicted molar refractivity (Wildman–Crippen MR) is 80.3 cm³/mol. The minimum absolute atomic E-state index is 0.217. The van der Waals surface area contributed by atoms with Gasteiger partial charge in [0, 0.05) is 23.5 Å². The van der Waals surface area contributed by atoms with Crippen LogP contribution in [0.15, 0.2) is 11.5 Å². The van der Waals surface area contributed by atoms with Crippen molar-refractivity contribution in [2.75, 3.05) is 25.7 Å². The van der Waals surface area contributed by atoms with E-state index in [0.717, 1.165) is 12.8 Å². The van der Waals surface area contributed by atoms with Crippen molar-refractivity contribution in [1.82, 2.24) is 0 Å². The highest BCUT2D eigenvalue weighted by Gasteiger charge is 2.65. The molecule has 5 atom stereocenters. The third-order valence-corrected chi connectivity index (χ3v) is 6.31. The van der Waals surface area contributed by atoms with Crippen molar-refractivity contribution in [2.24, 2.45) is 17.8 Å². The Kier molecular flexibility index (Phi) is 4.21. The fourth-order valence-electron chi connectivity index (χ4n) is 4.03. The topological polar surface area (TPSA) is 38.7 Å². The Labute approximate surface area is 123 Å². The molecule has 0 aromatic heterocycles. The maximum Gasteiger partial charge on any atom is 0.171 e. The van der Waals surface area contributed by atoms with Gasteiger partial charge in [-0.15, -0.1) is 11.8 Å². The van der Waals surface area contributed by atoms with Crippen LogP contribution in [0.3, 0.4) is 0 Å². The van der Waals surface area contributed by atoms with E-state index in [9.17, 15) is 5.11 Å². The van der Waals surface area contributed by atoms with Gasteiger partial charge in [-0.25, -0.2) is 0 Å². The SMILES string of the molecule is CS/C=C/C(SC)[C@H]1[C@@H]2CC3(OCCO3)[C@@H]2C[C@@H]1O. The Balaban J connectivity index is 1.72.